The topological polar surface area (TPSA) is 0 Å². The predicted octanol–water partition coefficient (Wildman–Crippen LogP) is 15.2. The minimum atomic E-state index is -0.750. The van der Waals surface area contributed by atoms with Gasteiger partial charge in [-0.25, -0.2) is 0 Å². The molecule has 0 rings (SSSR count). The highest BCUT2D eigenvalue weighted by atomic mass is 35.6. The summed E-state index contributed by atoms with van der Waals surface area (Å²) in [5.41, 5.74) is 0. The number of hydrogen-bond donors (Lipinski definition) is 0. The van der Waals surface area contributed by atoms with Crippen molar-refractivity contribution in [3.63, 3.8) is 0 Å². The van der Waals surface area contributed by atoms with Gasteiger partial charge in [0.25, 0.3) is 0 Å². The van der Waals surface area contributed by atoms with E-state index in [-0.39, 0.29) is 0 Å². The highest BCUT2D eigenvalue weighted by Crippen LogP contribution is 2.00. The van der Waals surface area contributed by atoms with Crippen LogP contribution in [0, 0.1) is 0 Å². The summed E-state index contributed by atoms with van der Waals surface area (Å²) in [4.78, 5) is -6.75. The van der Waals surface area contributed by atoms with Gasteiger partial charge in [-0.2, -0.15) is 309 Å². The molecule has 0 saturated carbocycles. The van der Waals surface area contributed by atoms with Crippen LogP contribution in [0.2, 0.25) is 0 Å². The van der Waals surface area contributed by atoms with E-state index < -0.39 is 44.6 Å². The van der Waals surface area contributed by atoms with Gasteiger partial charge in [0, 0.05) is 0 Å². The third-order valence-electron chi connectivity index (χ3n) is 0. The van der Waals surface area contributed by atoms with E-state index >= 15 is 0 Å². The van der Waals surface area contributed by atoms with Crippen LogP contribution in [-0.4, -0.2) is 44.6 Å². The van der Waals surface area contributed by atoms with Crippen molar-refractivity contribution in [1.29, 1.82) is 0 Å². The van der Waals surface area contributed by atoms with E-state index in [2.05, 4.69) is 0 Å². The fourth-order valence-electron chi connectivity index (χ4n) is 0. The lowest BCUT2D eigenvalue weighted by Gasteiger charge is -1.61. The quantitative estimate of drug-likeness (QED) is 0.212. The van der Waals surface area contributed by atoms with Gasteiger partial charge in [0.2, 0.25) is 0 Å². The van der Waals surface area contributed by atoms with Crippen LogP contribution in [-0.2, 0) is 0 Å². The molecule has 0 aromatic rings. The lowest BCUT2D eigenvalue weighted by atomic mass is 10.7. The first-order chi connectivity index (χ1) is 15.6. The van der Waals surface area contributed by atoms with Crippen LogP contribution in [0.1, 0.15) is 0 Å². The zero-order valence-corrected chi connectivity index (χ0v) is 35.8. The van der Waals surface area contributed by atoms with Crippen molar-refractivity contribution in [2.75, 3.05) is 0 Å². The Labute approximate surface area is 348 Å². The Bertz CT molecular complexity index is 158. The third kappa shape index (κ3) is 1030. The Hall–Kier alpha value is 8.41. The molecule has 0 unspecified atom stereocenters. The molecule has 0 heterocycles. The SMILES string of the molecule is ClB(Cl)Cl.ClB(Cl)Cl.ClB(Cl)Cl.ClB(Cl)Cl.ClB(Cl)Cl.ClB(Cl)Cl.ClB(Cl)Cl.ClB(Cl)Cl.ClB(Cl)Cl. The van der Waals surface area contributed by atoms with Gasteiger partial charge in [-0.05, 0) is 0 Å². The summed E-state index contributed by atoms with van der Waals surface area (Å²) in [5.74, 6) is 0. The molecule has 0 atom stereocenters. The minimum Gasteiger partial charge on any atom is -0.150 e. The van der Waals surface area contributed by atoms with Gasteiger partial charge in [-0.15, -0.1) is 0 Å². The maximum absolute atomic E-state index is 4.81. The van der Waals surface area contributed by atoms with Crippen molar-refractivity contribution in [3.05, 3.63) is 0 Å². The van der Waals surface area contributed by atoms with Crippen molar-refractivity contribution in [2.24, 2.45) is 0 Å². The average Bonchev–Trinajstić information content (AvgIpc) is 2.39. The Morgan fingerprint density at radius 3 is 0.111 bits per heavy atom. The molecule has 0 bridgehead atoms. The fourth-order valence-corrected chi connectivity index (χ4v) is 0. The largest absolute Gasteiger partial charge is 0.450 e. The molecule has 36 heavy (non-hydrogen) atoms. The van der Waals surface area contributed by atoms with Crippen LogP contribution in [0.4, 0.5) is 0 Å². The van der Waals surface area contributed by atoms with E-state index in [1.807, 2.05) is 0 Å². The molecule has 216 valence electrons. The summed E-state index contributed by atoms with van der Waals surface area (Å²) in [6.45, 7) is 0. The maximum atomic E-state index is 4.81. The van der Waals surface area contributed by atoms with Gasteiger partial charge in [0.05, 0.1) is 0 Å². The van der Waals surface area contributed by atoms with E-state index in [4.69, 9.17) is 309 Å². The zero-order valence-electron chi connectivity index (χ0n) is 15.4. The molecule has 0 aliphatic heterocycles. The second-order valence-electron chi connectivity index (χ2n) is 2.23. The van der Waals surface area contributed by atoms with Crippen LogP contribution >= 0.6 is 309 Å². The van der Waals surface area contributed by atoms with E-state index in [0.717, 1.165) is 0 Å². The van der Waals surface area contributed by atoms with Crippen molar-refractivity contribution in [3.8, 4) is 0 Å². The highest BCUT2D eigenvalue weighted by molar-refractivity contribution is 7.57. The summed E-state index contributed by atoms with van der Waals surface area (Å²) in [6.07, 6.45) is 0. The predicted molar refractivity (Wildman–Crippen MR) is 210 cm³/mol. The van der Waals surface area contributed by atoms with Crippen molar-refractivity contribution >= 4 is 354 Å². The summed E-state index contributed by atoms with van der Waals surface area (Å²) in [7, 11) is 0. The molecule has 0 amide bonds. The summed E-state index contributed by atoms with van der Waals surface area (Å²) in [6, 6.07) is 0. The van der Waals surface area contributed by atoms with E-state index in [1.54, 1.807) is 0 Å². The minimum absolute atomic E-state index is 0.750. The van der Waals surface area contributed by atoms with Crippen LogP contribution in [0.15, 0.2) is 0 Å². The van der Waals surface area contributed by atoms with E-state index in [1.165, 1.54) is 0 Å². The molecular formula is B9Cl27. The average molecular weight is 1050 g/mol. The van der Waals surface area contributed by atoms with Crippen LogP contribution in [0.25, 0.3) is 0 Å². The smallest absolute Gasteiger partial charge is 0.150 e. The second kappa shape index (κ2) is 62.3. The van der Waals surface area contributed by atoms with Gasteiger partial charge in [-0.1, -0.05) is 0 Å². The second-order valence-corrected chi connectivity index (χ2v) is 20.0. The maximum Gasteiger partial charge on any atom is 0.450 e. The molecule has 0 aliphatic rings. The molecule has 0 aromatic carbocycles. The van der Waals surface area contributed by atoms with Gasteiger partial charge in [-0.3, -0.25) is 0 Å². The van der Waals surface area contributed by atoms with Crippen molar-refractivity contribution in [1.82, 2.24) is 0 Å². The lowest BCUT2D eigenvalue weighted by Crippen LogP contribution is -1.66. The van der Waals surface area contributed by atoms with Crippen molar-refractivity contribution < 1.29 is 0 Å². The fraction of sp³-hybridized carbons (Fsp3) is 0. The molecule has 0 saturated heterocycles. The zero-order chi connectivity index (χ0) is 32.2. The molecule has 0 N–H and O–H groups in total. The molecule has 0 fully saturated rings. The Kier molecular flexibility index (Phi) is 115. The highest BCUT2D eigenvalue weighted by Gasteiger charge is 1.94. The van der Waals surface area contributed by atoms with Gasteiger partial charge >= 0.3 is 44.6 Å². The molecule has 0 radical (unpaired) electrons. The van der Waals surface area contributed by atoms with Crippen LogP contribution < -0.4 is 0 Å². The van der Waals surface area contributed by atoms with Gasteiger partial charge in [0.15, 0.2) is 0 Å². The van der Waals surface area contributed by atoms with Gasteiger partial charge in [0.1, 0.15) is 0 Å². The molecule has 0 aromatic heterocycles. The number of halogens is 27. The normalized spacial score (nSPS) is 6.75. The number of hydrogen-bond acceptors (Lipinski definition) is 0. The monoisotopic (exact) mass is 1040 g/mol. The summed E-state index contributed by atoms with van der Waals surface area (Å²) < 4.78 is 0. The van der Waals surface area contributed by atoms with E-state index in [0.29, 0.717) is 0 Å². The first-order valence-corrected chi connectivity index (χ1v) is 17.7. The Morgan fingerprint density at radius 1 is 0.111 bits per heavy atom. The standard InChI is InChI=1S/9BCl3/c9*2-1(3)4. The Balaban J connectivity index is -0.0000000325. The summed E-state index contributed by atoms with van der Waals surface area (Å²) >= 11 is 130. The molecule has 0 aliphatic carbocycles. The summed E-state index contributed by atoms with van der Waals surface area (Å²) in [5, 5.41) is 0. The molecular weight excluding hydrogens is 1050 g/mol. The third-order valence-corrected chi connectivity index (χ3v) is 0. The first-order valence-electron chi connectivity index (χ1n) is 5.89. The molecule has 0 nitrogen and oxygen atoms in total. The van der Waals surface area contributed by atoms with Crippen LogP contribution in [0.3, 0.4) is 0 Å². The number of rotatable bonds is 0. The van der Waals surface area contributed by atoms with Gasteiger partial charge < -0.3 is 0 Å². The van der Waals surface area contributed by atoms with E-state index in [9.17, 15) is 0 Å². The first kappa shape index (κ1) is 66.7. The molecule has 36 heteroatoms. The van der Waals surface area contributed by atoms with Crippen LogP contribution in [0.5, 0.6) is 0 Å². The molecule has 0 spiro atoms. The Morgan fingerprint density at radius 2 is 0.111 bits per heavy atom. The lowest BCUT2D eigenvalue weighted by molar-refractivity contribution is 4.07. The van der Waals surface area contributed by atoms with Crippen molar-refractivity contribution in [2.45, 2.75) is 0 Å².